The molecule has 0 atom stereocenters. The average Bonchev–Trinajstić information content (AvgIpc) is 2.34. The second kappa shape index (κ2) is 6.50. The standard InChI is InChI=1S/C15H23N3O2/c1-10(2)13(19)16-9-11-7-6-8-12(17-11)14(20)18-15(3,4)5/h6-8,10H,9H2,1-5H3,(H,16,19)(H,18,20). The van der Waals surface area contributed by atoms with Gasteiger partial charge in [-0.3, -0.25) is 9.59 Å². The van der Waals surface area contributed by atoms with E-state index in [4.69, 9.17) is 0 Å². The maximum Gasteiger partial charge on any atom is 0.270 e. The number of rotatable bonds is 4. The summed E-state index contributed by atoms with van der Waals surface area (Å²) in [4.78, 5) is 27.8. The van der Waals surface area contributed by atoms with Crippen molar-refractivity contribution in [2.75, 3.05) is 0 Å². The van der Waals surface area contributed by atoms with Crippen LogP contribution in [0, 0.1) is 5.92 Å². The Balaban J connectivity index is 2.71. The molecule has 1 rings (SSSR count). The van der Waals surface area contributed by atoms with Crippen molar-refractivity contribution < 1.29 is 9.59 Å². The molecule has 0 spiro atoms. The predicted molar refractivity (Wildman–Crippen MR) is 78.1 cm³/mol. The Morgan fingerprint density at radius 1 is 1.25 bits per heavy atom. The summed E-state index contributed by atoms with van der Waals surface area (Å²) in [5, 5.41) is 5.64. The molecular formula is C15H23N3O2. The quantitative estimate of drug-likeness (QED) is 0.882. The number of carbonyl (C=O) groups is 2. The molecule has 1 aromatic rings. The van der Waals surface area contributed by atoms with Gasteiger partial charge in [-0.1, -0.05) is 19.9 Å². The largest absolute Gasteiger partial charge is 0.350 e. The lowest BCUT2D eigenvalue weighted by molar-refractivity contribution is -0.124. The van der Waals surface area contributed by atoms with Gasteiger partial charge in [-0.2, -0.15) is 0 Å². The number of pyridine rings is 1. The summed E-state index contributed by atoms with van der Waals surface area (Å²) < 4.78 is 0. The average molecular weight is 277 g/mol. The second-order valence-electron chi connectivity index (χ2n) is 6.09. The fourth-order valence-corrected chi connectivity index (χ4v) is 1.49. The van der Waals surface area contributed by atoms with Crippen molar-refractivity contribution in [3.05, 3.63) is 29.6 Å². The summed E-state index contributed by atoms with van der Waals surface area (Å²) in [5.41, 5.74) is 0.720. The van der Waals surface area contributed by atoms with Crippen LogP contribution in [-0.4, -0.2) is 22.3 Å². The van der Waals surface area contributed by atoms with Gasteiger partial charge in [0.2, 0.25) is 5.91 Å². The van der Waals surface area contributed by atoms with Crippen molar-refractivity contribution in [1.29, 1.82) is 0 Å². The van der Waals surface area contributed by atoms with Gasteiger partial charge < -0.3 is 10.6 Å². The normalized spacial score (nSPS) is 11.3. The first-order valence-corrected chi connectivity index (χ1v) is 6.75. The SMILES string of the molecule is CC(C)C(=O)NCc1cccc(C(=O)NC(C)(C)C)n1. The number of aromatic nitrogens is 1. The van der Waals surface area contributed by atoms with Gasteiger partial charge >= 0.3 is 0 Å². The molecule has 20 heavy (non-hydrogen) atoms. The molecule has 2 N–H and O–H groups in total. The molecule has 0 unspecified atom stereocenters. The molecule has 5 heteroatoms. The van der Waals surface area contributed by atoms with E-state index in [1.54, 1.807) is 18.2 Å². The van der Waals surface area contributed by atoms with Crippen LogP contribution in [0.4, 0.5) is 0 Å². The van der Waals surface area contributed by atoms with Crippen LogP contribution >= 0.6 is 0 Å². The summed E-state index contributed by atoms with van der Waals surface area (Å²) in [6.07, 6.45) is 0. The van der Waals surface area contributed by atoms with E-state index < -0.39 is 0 Å². The Morgan fingerprint density at radius 2 is 1.90 bits per heavy atom. The first kappa shape index (κ1) is 16.1. The van der Waals surface area contributed by atoms with Gasteiger partial charge in [0.15, 0.2) is 0 Å². The van der Waals surface area contributed by atoms with Crippen molar-refractivity contribution in [3.63, 3.8) is 0 Å². The minimum absolute atomic E-state index is 0.0312. The smallest absolute Gasteiger partial charge is 0.270 e. The predicted octanol–water partition coefficient (Wildman–Crippen LogP) is 1.88. The van der Waals surface area contributed by atoms with E-state index in [2.05, 4.69) is 15.6 Å². The van der Waals surface area contributed by atoms with Crippen LogP contribution in [-0.2, 0) is 11.3 Å². The van der Waals surface area contributed by atoms with Crippen molar-refractivity contribution >= 4 is 11.8 Å². The number of hydrogen-bond donors (Lipinski definition) is 2. The summed E-state index contributed by atoms with van der Waals surface area (Å²) >= 11 is 0. The van der Waals surface area contributed by atoms with Crippen LogP contribution in [0.15, 0.2) is 18.2 Å². The van der Waals surface area contributed by atoms with Gasteiger partial charge in [0.1, 0.15) is 5.69 Å². The third-order valence-corrected chi connectivity index (χ3v) is 2.50. The van der Waals surface area contributed by atoms with E-state index in [1.807, 2.05) is 34.6 Å². The minimum Gasteiger partial charge on any atom is -0.350 e. The van der Waals surface area contributed by atoms with Crippen molar-refractivity contribution in [1.82, 2.24) is 15.6 Å². The summed E-state index contributed by atoms with van der Waals surface area (Å²) in [6, 6.07) is 5.21. The second-order valence-corrected chi connectivity index (χ2v) is 6.09. The minimum atomic E-state index is -0.305. The molecule has 1 heterocycles. The van der Waals surface area contributed by atoms with Crippen LogP contribution in [0.25, 0.3) is 0 Å². The zero-order valence-corrected chi connectivity index (χ0v) is 12.8. The lowest BCUT2D eigenvalue weighted by Crippen LogP contribution is -2.41. The van der Waals surface area contributed by atoms with Crippen molar-refractivity contribution in [3.8, 4) is 0 Å². The van der Waals surface area contributed by atoms with Crippen LogP contribution in [0.2, 0.25) is 0 Å². The monoisotopic (exact) mass is 277 g/mol. The van der Waals surface area contributed by atoms with Crippen LogP contribution in [0.3, 0.4) is 0 Å². The Kier molecular flexibility index (Phi) is 5.25. The molecule has 0 radical (unpaired) electrons. The third-order valence-electron chi connectivity index (χ3n) is 2.50. The lowest BCUT2D eigenvalue weighted by atomic mass is 10.1. The highest BCUT2D eigenvalue weighted by atomic mass is 16.2. The molecule has 0 aliphatic carbocycles. The van der Waals surface area contributed by atoms with Gasteiger partial charge in [0, 0.05) is 11.5 Å². The van der Waals surface area contributed by atoms with Crippen molar-refractivity contribution in [2.45, 2.75) is 46.7 Å². The van der Waals surface area contributed by atoms with Gasteiger partial charge in [0.05, 0.1) is 12.2 Å². The Labute approximate surface area is 120 Å². The fraction of sp³-hybridized carbons (Fsp3) is 0.533. The molecule has 5 nitrogen and oxygen atoms in total. The number of hydrogen-bond acceptors (Lipinski definition) is 3. The first-order valence-electron chi connectivity index (χ1n) is 6.75. The molecule has 0 saturated carbocycles. The van der Waals surface area contributed by atoms with Gasteiger partial charge in [-0.15, -0.1) is 0 Å². The summed E-state index contributed by atoms with van der Waals surface area (Å²) in [6.45, 7) is 9.73. The topological polar surface area (TPSA) is 71.1 Å². The van der Waals surface area contributed by atoms with E-state index in [-0.39, 0.29) is 23.3 Å². The maximum atomic E-state index is 12.0. The van der Waals surface area contributed by atoms with E-state index in [1.165, 1.54) is 0 Å². The number of nitrogens with zero attached hydrogens (tertiary/aromatic N) is 1. The van der Waals surface area contributed by atoms with Crippen LogP contribution < -0.4 is 10.6 Å². The molecule has 110 valence electrons. The van der Waals surface area contributed by atoms with E-state index in [9.17, 15) is 9.59 Å². The molecule has 0 bridgehead atoms. The van der Waals surface area contributed by atoms with Gasteiger partial charge in [-0.25, -0.2) is 4.98 Å². The van der Waals surface area contributed by atoms with Gasteiger partial charge in [-0.05, 0) is 32.9 Å². The van der Waals surface area contributed by atoms with E-state index in [0.717, 1.165) is 0 Å². The Bertz CT molecular complexity index is 490. The molecule has 0 aliphatic rings. The highest BCUT2D eigenvalue weighted by Crippen LogP contribution is 2.04. The summed E-state index contributed by atoms with van der Waals surface area (Å²) in [7, 11) is 0. The highest BCUT2D eigenvalue weighted by molar-refractivity contribution is 5.92. The van der Waals surface area contributed by atoms with E-state index in [0.29, 0.717) is 17.9 Å². The number of amides is 2. The molecule has 2 amide bonds. The molecule has 0 aliphatic heterocycles. The zero-order chi connectivity index (χ0) is 15.3. The van der Waals surface area contributed by atoms with Gasteiger partial charge in [0.25, 0.3) is 5.91 Å². The van der Waals surface area contributed by atoms with E-state index >= 15 is 0 Å². The van der Waals surface area contributed by atoms with Crippen molar-refractivity contribution in [2.24, 2.45) is 5.92 Å². The number of nitrogens with one attached hydrogen (secondary N) is 2. The first-order chi connectivity index (χ1) is 9.19. The molecular weight excluding hydrogens is 254 g/mol. The zero-order valence-electron chi connectivity index (χ0n) is 12.8. The molecule has 1 aromatic heterocycles. The Morgan fingerprint density at radius 3 is 2.45 bits per heavy atom. The number of carbonyl (C=O) groups excluding carboxylic acids is 2. The Hall–Kier alpha value is -1.91. The lowest BCUT2D eigenvalue weighted by Gasteiger charge is -2.20. The van der Waals surface area contributed by atoms with Crippen LogP contribution in [0.5, 0.6) is 0 Å². The molecule has 0 fully saturated rings. The van der Waals surface area contributed by atoms with Crippen LogP contribution in [0.1, 0.15) is 50.8 Å². The molecule has 0 saturated heterocycles. The summed E-state index contributed by atoms with van der Waals surface area (Å²) in [5.74, 6) is -0.312. The molecule has 0 aromatic carbocycles. The maximum absolute atomic E-state index is 12.0. The third kappa shape index (κ3) is 5.38. The fourth-order valence-electron chi connectivity index (χ4n) is 1.49. The highest BCUT2D eigenvalue weighted by Gasteiger charge is 2.16.